The summed E-state index contributed by atoms with van der Waals surface area (Å²) >= 11 is 0. The van der Waals surface area contributed by atoms with Crippen molar-refractivity contribution in [1.82, 2.24) is 4.72 Å². The van der Waals surface area contributed by atoms with Crippen LogP contribution < -0.4 is 10.5 Å². The molecule has 13 heavy (non-hydrogen) atoms. The number of nitrogens with one attached hydrogen (secondary N) is 1. The molecule has 0 radical (unpaired) electrons. The standard InChI is InChI=1S/C7H18N2O3S/c1-7(6-12-2)9-13(10,11)5-3-4-8/h7,9H,3-6,8H2,1-2H3. The predicted molar refractivity (Wildman–Crippen MR) is 51.9 cm³/mol. The minimum Gasteiger partial charge on any atom is -0.383 e. The summed E-state index contributed by atoms with van der Waals surface area (Å²) in [5.41, 5.74) is 5.21. The zero-order valence-electron chi connectivity index (χ0n) is 8.12. The van der Waals surface area contributed by atoms with Crippen LogP contribution in [0.1, 0.15) is 13.3 Å². The third-order valence-electron chi connectivity index (χ3n) is 1.41. The zero-order chi connectivity index (χ0) is 10.3. The molecule has 0 aliphatic heterocycles. The number of hydrogen-bond donors (Lipinski definition) is 2. The van der Waals surface area contributed by atoms with Gasteiger partial charge in [0.2, 0.25) is 10.0 Å². The normalized spacial score (nSPS) is 14.4. The first kappa shape index (κ1) is 12.8. The van der Waals surface area contributed by atoms with Crippen molar-refractivity contribution < 1.29 is 13.2 Å². The Bertz CT molecular complexity index is 216. The van der Waals surface area contributed by atoms with Crippen LogP contribution in [-0.4, -0.2) is 40.5 Å². The van der Waals surface area contributed by atoms with Gasteiger partial charge in [0.25, 0.3) is 0 Å². The maximum Gasteiger partial charge on any atom is 0.211 e. The van der Waals surface area contributed by atoms with Gasteiger partial charge in [0.05, 0.1) is 12.4 Å². The molecule has 6 heteroatoms. The fraction of sp³-hybridized carbons (Fsp3) is 1.00. The Labute approximate surface area is 79.7 Å². The van der Waals surface area contributed by atoms with Gasteiger partial charge in [-0.25, -0.2) is 13.1 Å². The predicted octanol–water partition coefficient (Wildman–Crippen LogP) is -0.710. The Hall–Kier alpha value is -0.170. The highest BCUT2D eigenvalue weighted by atomic mass is 32.2. The fourth-order valence-corrected chi connectivity index (χ4v) is 2.27. The van der Waals surface area contributed by atoms with Crippen LogP contribution in [0.25, 0.3) is 0 Å². The molecule has 0 amide bonds. The van der Waals surface area contributed by atoms with Crippen molar-refractivity contribution in [3.05, 3.63) is 0 Å². The number of nitrogens with two attached hydrogens (primary N) is 1. The Morgan fingerprint density at radius 1 is 1.54 bits per heavy atom. The number of hydrogen-bond acceptors (Lipinski definition) is 4. The lowest BCUT2D eigenvalue weighted by molar-refractivity contribution is 0.180. The second-order valence-electron chi connectivity index (χ2n) is 2.94. The third-order valence-corrected chi connectivity index (χ3v) is 3.00. The van der Waals surface area contributed by atoms with Gasteiger partial charge in [-0.2, -0.15) is 0 Å². The van der Waals surface area contributed by atoms with Gasteiger partial charge in [0.15, 0.2) is 0 Å². The summed E-state index contributed by atoms with van der Waals surface area (Å²) in [5.74, 6) is 0.0809. The molecule has 0 rings (SSSR count). The first-order valence-electron chi connectivity index (χ1n) is 4.21. The van der Waals surface area contributed by atoms with E-state index in [1.54, 1.807) is 6.92 Å². The lowest BCUT2D eigenvalue weighted by atomic mass is 10.4. The molecule has 0 saturated carbocycles. The van der Waals surface area contributed by atoms with E-state index in [2.05, 4.69) is 4.72 Å². The largest absolute Gasteiger partial charge is 0.383 e. The van der Waals surface area contributed by atoms with E-state index in [1.165, 1.54) is 7.11 Å². The molecule has 0 heterocycles. The molecule has 0 spiro atoms. The molecule has 0 saturated heterocycles. The summed E-state index contributed by atoms with van der Waals surface area (Å²) in [4.78, 5) is 0. The molecule has 0 aliphatic rings. The summed E-state index contributed by atoms with van der Waals surface area (Å²) in [7, 11) is -1.64. The van der Waals surface area contributed by atoms with Gasteiger partial charge in [-0.05, 0) is 19.9 Å². The number of sulfonamides is 1. The maximum absolute atomic E-state index is 11.3. The zero-order valence-corrected chi connectivity index (χ0v) is 8.93. The second kappa shape index (κ2) is 6.31. The highest BCUT2D eigenvalue weighted by Crippen LogP contribution is 1.92. The van der Waals surface area contributed by atoms with E-state index in [9.17, 15) is 8.42 Å². The van der Waals surface area contributed by atoms with Crippen molar-refractivity contribution in [2.24, 2.45) is 5.73 Å². The van der Waals surface area contributed by atoms with Crippen molar-refractivity contribution >= 4 is 10.0 Å². The SMILES string of the molecule is COCC(C)NS(=O)(=O)CCCN. The third kappa shape index (κ3) is 6.94. The van der Waals surface area contributed by atoms with Crippen molar-refractivity contribution in [3.63, 3.8) is 0 Å². The van der Waals surface area contributed by atoms with Crippen LogP contribution >= 0.6 is 0 Å². The van der Waals surface area contributed by atoms with Crippen LogP contribution in [0.4, 0.5) is 0 Å². The molecule has 5 nitrogen and oxygen atoms in total. The molecule has 1 atom stereocenters. The van der Waals surface area contributed by atoms with Crippen LogP contribution in [0.2, 0.25) is 0 Å². The minimum atomic E-state index is -3.18. The second-order valence-corrected chi connectivity index (χ2v) is 4.81. The van der Waals surface area contributed by atoms with E-state index in [-0.39, 0.29) is 11.8 Å². The monoisotopic (exact) mass is 210 g/mol. The van der Waals surface area contributed by atoms with Crippen LogP contribution in [0.3, 0.4) is 0 Å². The number of ether oxygens (including phenoxy) is 1. The van der Waals surface area contributed by atoms with E-state index in [0.717, 1.165) is 0 Å². The average Bonchev–Trinajstić information content (AvgIpc) is 2.00. The molecule has 0 bridgehead atoms. The van der Waals surface area contributed by atoms with Crippen LogP contribution in [0, 0.1) is 0 Å². The highest BCUT2D eigenvalue weighted by Gasteiger charge is 2.12. The molecular weight excluding hydrogens is 192 g/mol. The summed E-state index contributed by atoms with van der Waals surface area (Å²) in [6.45, 7) is 2.52. The first-order valence-corrected chi connectivity index (χ1v) is 5.86. The van der Waals surface area contributed by atoms with Crippen LogP contribution in [-0.2, 0) is 14.8 Å². The van der Waals surface area contributed by atoms with Crippen molar-refractivity contribution in [3.8, 4) is 0 Å². The molecule has 0 aromatic rings. The van der Waals surface area contributed by atoms with Crippen molar-refractivity contribution in [1.29, 1.82) is 0 Å². The lowest BCUT2D eigenvalue weighted by Crippen LogP contribution is -2.37. The first-order chi connectivity index (χ1) is 6.02. The van der Waals surface area contributed by atoms with E-state index >= 15 is 0 Å². The van der Waals surface area contributed by atoms with Gasteiger partial charge >= 0.3 is 0 Å². The quantitative estimate of drug-likeness (QED) is 0.581. The average molecular weight is 210 g/mol. The molecule has 0 aliphatic carbocycles. The lowest BCUT2D eigenvalue weighted by Gasteiger charge is -2.12. The summed E-state index contributed by atoms with van der Waals surface area (Å²) in [5, 5.41) is 0. The van der Waals surface area contributed by atoms with Crippen LogP contribution in [0.5, 0.6) is 0 Å². The molecule has 1 unspecified atom stereocenters. The minimum absolute atomic E-state index is 0.0809. The maximum atomic E-state index is 11.3. The Morgan fingerprint density at radius 3 is 2.62 bits per heavy atom. The van der Waals surface area contributed by atoms with E-state index in [4.69, 9.17) is 10.5 Å². The summed E-state index contributed by atoms with van der Waals surface area (Å²) in [6.07, 6.45) is 0.481. The van der Waals surface area contributed by atoms with Gasteiger partial charge in [0, 0.05) is 13.2 Å². The van der Waals surface area contributed by atoms with Gasteiger partial charge in [-0.15, -0.1) is 0 Å². The van der Waals surface area contributed by atoms with E-state index in [1.807, 2.05) is 0 Å². The highest BCUT2D eigenvalue weighted by molar-refractivity contribution is 7.89. The Morgan fingerprint density at radius 2 is 2.15 bits per heavy atom. The van der Waals surface area contributed by atoms with Gasteiger partial charge in [-0.3, -0.25) is 0 Å². The van der Waals surface area contributed by atoms with E-state index in [0.29, 0.717) is 19.6 Å². The van der Waals surface area contributed by atoms with Gasteiger partial charge in [-0.1, -0.05) is 0 Å². The number of rotatable bonds is 7. The molecule has 80 valence electrons. The molecule has 0 fully saturated rings. The summed E-state index contributed by atoms with van der Waals surface area (Å²) in [6, 6.07) is -0.187. The topological polar surface area (TPSA) is 81.4 Å². The van der Waals surface area contributed by atoms with Crippen LogP contribution in [0.15, 0.2) is 0 Å². The molecule has 0 aromatic carbocycles. The van der Waals surface area contributed by atoms with Crippen molar-refractivity contribution in [2.45, 2.75) is 19.4 Å². The summed E-state index contributed by atoms with van der Waals surface area (Å²) < 4.78 is 29.8. The van der Waals surface area contributed by atoms with Gasteiger partial charge in [0.1, 0.15) is 0 Å². The van der Waals surface area contributed by atoms with E-state index < -0.39 is 10.0 Å². The Kier molecular flexibility index (Phi) is 6.23. The smallest absolute Gasteiger partial charge is 0.211 e. The fourth-order valence-electron chi connectivity index (χ4n) is 0.923. The molecule has 3 N–H and O–H groups in total. The number of methoxy groups -OCH3 is 1. The van der Waals surface area contributed by atoms with Gasteiger partial charge < -0.3 is 10.5 Å². The van der Waals surface area contributed by atoms with Crippen molar-refractivity contribution in [2.75, 3.05) is 26.0 Å². The molecule has 0 aromatic heterocycles. The Balaban J connectivity index is 3.87. The molecular formula is C7H18N2O3S.